The third-order valence-electron chi connectivity index (χ3n) is 4.75. The first-order chi connectivity index (χ1) is 11.0. The Morgan fingerprint density at radius 2 is 1.96 bits per heavy atom. The highest BCUT2D eigenvalue weighted by atomic mass is 32.2. The lowest BCUT2D eigenvalue weighted by atomic mass is 9.76. The van der Waals surface area contributed by atoms with Crippen molar-refractivity contribution in [3.8, 4) is 5.75 Å². The zero-order valence-electron chi connectivity index (χ0n) is 13.6. The number of amides is 1. The maximum absolute atomic E-state index is 11.7. The lowest BCUT2D eigenvalue weighted by Gasteiger charge is -2.33. The maximum atomic E-state index is 11.7. The van der Waals surface area contributed by atoms with Gasteiger partial charge >= 0.3 is 0 Å². The summed E-state index contributed by atoms with van der Waals surface area (Å²) in [6.07, 6.45) is 7.16. The summed E-state index contributed by atoms with van der Waals surface area (Å²) in [4.78, 5) is 15.4. The largest absolute Gasteiger partial charge is 0.493 e. The molecule has 0 aromatic heterocycles. The van der Waals surface area contributed by atoms with Gasteiger partial charge < -0.3 is 10.5 Å². The van der Waals surface area contributed by atoms with Crippen LogP contribution in [0.5, 0.6) is 5.75 Å². The number of hydrogen-bond acceptors (Lipinski definition) is 4. The summed E-state index contributed by atoms with van der Waals surface area (Å²) >= 11 is 1.35. The minimum absolute atomic E-state index is 0.127. The van der Waals surface area contributed by atoms with Gasteiger partial charge in [-0.05, 0) is 37.0 Å². The predicted molar refractivity (Wildman–Crippen MR) is 94.8 cm³/mol. The highest BCUT2D eigenvalue weighted by Crippen LogP contribution is 2.36. The number of aliphatic imine (C=N–C) groups is 1. The number of benzene rings is 1. The fourth-order valence-corrected chi connectivity index (χ4v) is 4.14. The van der Waals surface area contributed by atoms with Crippen molar-refractivity contribution in [2.24, 2.45) is 16.1 Å². The summed E-state index contributed by atoms with van der Waals surface area (Å²) in [6.45, 7) is 3.11. The van der Waals surface area contributed by atoms with Gasteiger partial charge in [-0.15, -0.1) is 0 Å². The molecule has 0 unspecified atom stereocenters. The van der Waals surface area contributed by atoms with E-state index in [4.69, 9.17) is 10.5 Å². The average molecular weight is 332 g/mol. The SMILES string of the molecule is CC1(COc2ccc(C[C@@H]3SC(N)=NC3=O)cc2)CCCCC1. The third kappa shape index (κ3) is 4.28. The molecule has 0 radical (unpaired) electrons. The molecule has 23 heavy (non-hydrogen) atoms. The molecule has 1 aromatic rings. The van der Waals surface area contributed by atoms with Crippen molar-refractivity contribution < 1.29 is 9.53 Å². The fourth-order valence-electron chi connectivity index (χ4n) is 3.28. The van der Waals surface area contributed by atoms with Gasteiger partial charge in [0.2, 0.25) is 0 Å². The number of nitrogens with two attached hydrogens (primary N) is 1. The molecule has 4 nitrogen and oxygen atoms in total. The molecule has 2 N–H and O–H groups in total. The second kappa shape index (κ2) is 6.95. The molecular weight excluding hydrogens is 308 g/mol. The standard InChI is InChI=1S/C18H24N2O2S/c1-18(9-3-2-4-10-18)12-22-14-7-5-13(6-8-14)11-15-16(21)20-17(19)23-15/h5-8,15H,2-4,9-12H2,1H3,(H2,19,20,21)/t15-/m0/s1. The Hall–Kier alpha value is -1.49. The van der Waals surface area contributed by atoms with Crippen LogP contribution in [0.3, 0.4) is 0 Å². The minimum Gasteiger partial charge on any atom is -0.493 e. The number of hydrogen-bond donors (Lipinski definition) is 1. The Morgan fingerprint density at radius 3 is 2.57 bits per heavy atom. The van der Waals surface area contributed by atoms with Crippen molar-refractivity contribution in [2.75, 3.05) is 6.61 Å². The molecule has 0 saturated heterocycles. The summed E-state index contributed by atoms with van der Waals surface area (Å²) in [5.74, 6) is 0.778. The number of carbonyl (C=O) groups is 1. The number of nitrogens with zero attached hydrogens (tertiary/aromatic N) is 1. The van der Waals surface area contributed by atoms with Gasteiger partial charge in [0.05, 0.1) is 11.9 Å². The first kappa shape index (κ1) is 16.4. The van der Waals surface area contributed by atoms with Gasteiger partial charge in [-0.3, -0.25) is 4.79 Å². The normalized spacial score (nSPS) is 23.6. The van der Waals surface area contributed by atoms with Gasteiger partial charge in [-0.25, -0.2) is 0 Å². The molecule has 1 heterocycles. The lowest BCUT2D eigenvalue weighted by molar-refractivity contribution is -0.117. The summed E-state index contributed by atoms with van der Waals surface area (Å²) in [5.41, 5.74) is 7.01. The van der Waals surface area contributed by atoms with Gasteiger partial charge in [-0.1, -0.05) is 50.1 Å². The Kier molecular flexibility index (Phi) is 4.95. The third-order valence-corrected chi connectivity index (χ3v) is 5.74. The molecule has 1 amide bonds. The van der Waals surface area contributed by atoms with Gasteiger partial charge in [0, 0.05) is 5.41 Å². The van der Waals surface area contributed by atoms with E-state index in [1.165, 1.54) is 43.9 Å². The van der Waals surface area contributed by atoms with Gasteiger partial charge in [0.1, 0.15) is 5.75 Å². The van der Waals surface area contributed by atoms with Crippen LogP contribution < -0.4 is 10.5 Å². The number of carbonyl (C=O) groups excluding carboxylic acids is 1. The van der Waals surface area contributed by atoms with E-state index in [-0.39, 0.29) is 11.2 Å². The van der Waals surface area contributed by atoms with Crippen LogP contribution in [-0.2, 0) is 11.2 Å². The Morgan fingerprint density at radius 1 is 1.26 bits per heavy atom. The van der Waals surface area contributed by atoms with E-state index in [1.54, 1.807) is 0 Å². The van der Waals surface area contributed by atoms with E-state index in [0.29, 0.717) is 17.0 Å². The summed E-state index contributed by atoms with van der Waals surface area (Å²) in [5, 5.41) is 0.198. The zero-order chi connectivity index (χ0) is 16.3. The molecule has 2 aliphatic rings. The molecule has 1 aromatic carbocycles. The molecule has 5 heteroatoms. The molecule has 1 aliphatic heterocycles. The number of ether oxygens (including phenoxy) is 1. The van der Waals surface area contributed by atoms with E-state index in [1.807, 2.05) is 24.3 Å². The van der Waals surface area contributed by atoms with Crippen LogP contribution in [0, 0.1) is 5.41 Å². The van der Waals surface area contributed by atoms with Crippen molar-refractivity contribution in [1.82, 2.24) is 0 Å². The Bertz CT molecular complexity index is 592. The molecule has 1 aliphatic carbocycles. The number of amidine groups is 1. The van der Waals surface area contributed by atoms with Gasteiger partial charge in [0.15, 0.2) is 5.17 Å². The number of rotatable bonds is 5. The van der Waals surface area contributed by atoms with E-state index in [2.05, 4.69) is 11.9 Å². The zero-order valence-corrected chi connectivity index (χ0v) is 14.4. The smallest absolute Gasteiger partial charge is 0.261 e. The van der Waals surface area contributed by atoms with Crippen LogP contribution in [-0.4, -0.2) is 22.9 Å². The van der Waals surface area contributed by atoms with Crippen molar-refractivity contribution in [3.63, 3.8) is 0 Å². The van der Waals surface area contributed by atoms with Gasteiger partial charge in [0.25, 0.3) is 5.91 Å². The first-order valence-corrected chi connectivity index (χ1v) is 9.18. The minimum atomic E-state index is -0.178. The Labute approximate surface area is 141 Å². The second-order valence-corrected chi connectivity index (χ2v) is 8.13. The van der Waals surface area contributed by atoms with Crippen molar-refractivity contribution in [3.05, 3.63) is 29.8 Å². The van der Waals surface area contributed by atoms with Crippen LogP contribution in [0.2, 0.25) is 0 Å². The van der Waals surface area contributed by atoms with Crippen molar-refractivity contribution in [1.29, 1.82) is 0 Å². The van der Waals surface area contributed by atoms with Crippen LogP contribution >= 0.6 is 11.8 Å². The van der Waals surface area contributed by atoms with E-state index in [9.17, 15) is 4.79 Å². The van der Waals surface area contributed by atoms with Crippen LogP contribution in [0.15, 0.2) is 29.3 Å². The van der Waals surface area contributed by atoms with Crippen molar-refractivity contribution in [2.45, 2.75) is 50.7 Å². The average Bonchev–Trinajstić information content (AvgIpc) is 2.85. The molecule has 1 fully saturated rings. The molecule has 124 valence electrons. The number of thioether (sulfide) groups is 1. The molecule has 0 bridgehead atoms. The molecule has 3 rings (SSSR count). The van der Waals surface area contributed by atoms with Gasteiger partial charge in [-0.2, -0.15) is 4.99 Å². The van der Waals surface area contributed by atoms with Crippen molar-refractivity contribution >= 4 is 22.8 Å². The van der Waals surface area contributed by atoms with E-state index >= 15 is 0 Å². The highest BCUT2D eigenvalue weighted by Gasteiger charge is 2.28. The van der Waals surface area contributed by atoms with E-state index in [0.717, 1.165) is 17.9 Å². The summed E-state index contributed by atoms with van der Waals surface area (Å²) in [7, 11) is 0. The fraction of sp³-hybridized carbons (Fsp3) is 0.556. The predicted octanol–water partition coefficient (Wildman–Crippen LogP) is 3.54. The van der Waals surface area contributed by atoms with Crippen LogP contribution in [0.1, 0.15) is 44.6 Å². The van der Waals surface area contributed by atoms with Crippen LogP contribution in [0.25, 0.3) is 0 Å². The maximum Gasteiger partial charge on any atom is 0.261 e. The molecule has 1 saturated carbocycles. The summed E-state index contributed by atoms with van der Waals surface area (Å²) < 4.78 is 6.00. The molecule has 1 atom stereocenters. The summed E-state index contributed by atoms with van der Waals surface area (Å²) in [6, 6.07) is 8.05. The molecular formula is C18H24N2O2S. The monoisotopic (exact) mass is 332 g/mol. The Balaban J connectivity index is 1.52. The first-order valence-electron chi connectivity index (χ1n) is 8.31. The lowest BCUT2D eigenvalue weighted by Crippen LogP contribution is -2.27. The highest BCUT2D eigenvalue weighted by molar-refractivity contribution is 8.15. The molecule has 0 spiro atoms. The van der Waals surface area contributed by atoms with Crippen LogP contribution in [0.4, 0.5) is 0 Å². The second-order valence-electron chi connectivity index (χ2n) is 6.90. The topological polar surface area (TPSA) is 64.7 Å². The van der Waals surface area contributed by atoms with E-state index < -0.39 is 0 Å². The quantitative estimate of drug-likeness (QED) is 0.896.